The maximum Gasteiger partial charge on any atom is 0.0839 e. The van der Waals surface area contributed by atoms with E-state index in [9.17, 15) is 0 Å². The minimum Gasteiger partial charge on any atom is -0.313 e. The van der Waals surface area contributed by atoms with Gasteiger partial charge in [0, 0.05) is 11.9 Å². The topological polar surface area (TPSA) is 29.9 Å². The molecule has 0 bridgehead atoms. The van der Waals surface area contributed by atoms with Gasteiger partial charge in [0.2, 0.25) is 0 Å². The van der Waals surface area contributed by atoms with Crippen molar-refractivity contribution in [2.45, 2.75) is 19.9 Å². The molecule has 3 nitrogen and oxygen atoms in total. The van der Waals surface area contributed by atoms with Crippen LogP contribution in [0.15, 0.2) is 48.7 Å². The highest BCUT2D eigenvalue weighted by Gasteiger charge is 2.08. The van der Waals surface area contributed by atoms with E-state index in [1.807, 2.05) is 35.1 Å². The first-order valence-electron chi connectivity index (χ1n) is 7.22. The molecule has 0 aliphatic rings. The van der Waals surface area contributed by atoms with Crippen LogP contribution in [0.4, 0.5) is 0 Å². The second-order valence-corrected chi connectivity index (χ2v) is 5.48. The highest BCUT2D eigenvalue weighted by molar-refractivity contribution is 6.32. The summed E-state index contributed by atoms with van der Waals surface area (Å²) in [6.07, 6.45) is 2.99. The molecule has 21 heavy (non-hydrogen) atoms. The zero-order valence-corrected chi connectivity index (χ0v) is 12.8. The fourth-order valence-electron chi connectivity index (χ4n) is 2.41. The van der Waals surface area contributed by atoms with Crippen molar-refractivity contribution in [2.24, 2.45) is 0 Å². The molecule has 0 aliphatic carbocycles. The molecule has 0 atom stereocenters. The molecule has 4 heteroatoms. The molecule has 0 aliphatic heterocycles. The zero-order chi connectivity index (χ0) is 14.7. The van der Waals surface area contributed by atoms with E-state index in [0.29, 0.717) is 0 Å². The van der Waals surface area contributed by atoms with Crippen LogP contribution in [0.2, 0.25) is 5.02 Å². The van der Waals surface area contributed by atoms with Crippen LogP contribution in [0.1, 0.15) is 18.9 Å². The van der Waals surface area contributed by atoms with E-state index in [-0.39, 0.29) is 0 Å². The molecule has 0 amide bonds. The predicted octanol–water partition coefficient (Wildman–Crippen LogP) is 4.18. The number of aromatic nitrogens is 2. The van der Waals surface area contributed by atoms with Gasteiger partial charge >= 0.3 is 0 Å². The molecule has 0 fully saturated rings. The van der Waals surface area contributed by atoms with Crippen LogP contribution in [0.3, 0.4) is 0 Å². The standard InChI is InChI=1S/C17H18ClN3/c1-2-9-19-11-13-7-8-17(15(18)10-13)21-16-6-4-3-5-14(16)12-20-21/h3-8,10,12,19H,2,9,11H2,1H3. The van der Waals surface area contributed by atoms with Crippen molar-refractivity contribution in [3.63, 3.8) is 0 Å². The Labute approximate surface area is 129 Å². The van der Waals surface area contributed by atoms with E-state index in [1.165, 1.54) is 5.56 Å². The van der Waals surface area contributed by atoms with Gasteiger partial charge in [0.1, 0.15) is 0 Å². The SMILES string of the molecule is CCCNCc1ccc(-n2ncc3ccccc32)c(Cl)c1. The first kappa shape index (κ1) is 14.1. The third-order valence-corrected chi connectivity index (χ3v) is 3.78. The molecule has 0 spiro atoms. The summed E-state index contributed by atoms with van der Waals surface area (Å²) < 4.78 is 1.89. The van der Waals surface area contributed by atoms with Crippen molar-refractivity contribution in [2.75, 3.05) is 6.54 Å². The fraction of sp³-hybridized carbons (Fsp3) is 0.235. The number of nitrogens with zero attached hydrogens (tertiary/aromatic N) is 2. The first-order valence-corrected chi connectivity index (χ1v) is 7.59. The first-order chi connectivity index (χ1) is 10.3. The highest BCUT2D eigenvalue weighted by atomic mass is 35.5. The van der Waals surface area contributed by atoms with Gasteiger partial charge < -0.3 is 5.32 Å². The number of para-hydroxylation sites is 1. The Morgan fingerprint density at radius 1 is 1.19 bits per heavy atom. The van der Waals surface area contributed by atoms with Gasteiger partial charge in [-0.15, -0.1) is 0 Å². The molecule has 3 rings (SSSR count). The van der Waals surface area contributed by atoms with E-state index in [0.717, 1.165) is 41.1 Å². The summed E-state index contributed by atoms with van der Waals surface area (Å²) in [5.41, 5.74) is 3.17. The molecule has 0 saturated heterocycles. The minimum absolute atomic E-state index is 0.722. The summed E-state index contributed by atoms with van der Waals surface area (Å²) in [6.45, 7) is 4.02. The summed E-state index contributed by atoms with van der Waals surface area (Å²) in [5.74, 6) is 0. The average molecular weight is 300 g/mol. The quantitative estimate of drug-likeness (QED) is 0.716. The van der Waals surface area contributed by atoms with Crippen molar-refractivity contribution in [3.05, 3.63) is 59.2 Å². The van der Waals surface area contributed by atoms with E-state index >= 15 is 0 Å². The number of rotatable bonds is 5. The molecular formula is C17H18ClN3. The number of halogens is 1. The Morgan fingerprint density at radius 2 is 2.05 bits per heavy atom. The number of benzene rings is 2. The third-order valence-electron chi connectivity index (χ3n) is 3.47. The fourth-order valence-corrected chi connectivity index (χ4v) is 2.69. The number of fused-ring (bicyclic) bond motifs is 1. The van der Waals surface area contributed by atoms with Crippen molar-refractivity contribution >= 4 is 22.5 Å². The minimum atomic E-state index is 0.722. The van der Waals surface area contributed by atoms with Gasteiger partial charge in [-0.2, -0.15) is 5.10 Å². The molecule has 1 aromatic heterocycles. The van der Waals surface area contributed by atoms with Crippen molar-refractivity contribution in [1.82, 2.24) is 15.1 Å². The van der Waals surface area contributed by atoms with E-state index in [2.05, 4.69) is 35.5 Å². The smallest absolute Gasteiger partial charge is 0.0839 e. The Bertz CT molecular complexity index is 749. The molecule has 1 heterocycles. The predicted molar refractivity (Wildman–Crippen MR) is 88.1 cm³/mol. The zero-order valence-electron chi connectivity index (χ0n) is 12.0. The summed E-state index contributed by atoms with van der Waals surface area (Å²) in [5, 5.41) is 9.66. The number of hydrogen-bond donors (Lipinski definition) is 1. The van der Waals surface area contributed by atoms with Crippen molar-refractivity contribution in [3.8, 4) is 5.69 Å². The lowest BCUT2D eigenvalue weighted by molar-refractivity contribution is 0.675. The Balaban J connectivity index is 1.92. The molecular weight excluding hydrogens is 282 g/mol. The maximum atomic E-state index is 6.45. The van der Waals surface area contributed by atoms with Crippen LogP contribution in [-0.4, -0.2) is 16.3 Å². The lowest BCUT2D eigenvalue weighted by atomic mass is 10.2. The summed E-state index contributed by atoms with van der Waals surface area (Å²) in [7, 11) is 0. The lowest BCUT2D eigenvalue weighted by Crippen LogP contribution is -2.13. The molecule has 0 saturated carbocycles. The van der Waals surface area contributed by atoms with E-state index < -0.39 is 0 Å². The molecule has 108 valence electrons. The summed E-state index contributed by atoms with van der Waals surface area (Å²) in [6, 6.07) is 14.3. The van der Waals surface area contributed by atoms with E-state index in [4.69, 9.17) is 11.6 Å². The van der Waals surface area contributed by atoms with Gasteiger partial charge in [-0.3, -0.25) is 0 Å². The van der Waals surface area contributed by atoms with Crippen LogP contribution >= 0.6 is 11.6 Å². The van der Waals surface area contributed by atoms with Crippen LogP contribution in [0.5, 0.6) is 0 Å². The second kappa shape index (κ2) is 6.29. The summed E-state index contributed by atoms with van der Waals surface area (Å²) in [4.78, 5) is 0. The van der Waals surface area contributed by atoms with Gasteiger partial charge in [0.15, 0.2) is 0 Å². The molecule has 0 unspecified atom stereocenters. The van der Waals surface area contributed by atoms with Crippen LogP contribution in [0.25, 0.3) is 16.6 Å². The monoisotopic (exact) mass is 299 g/mol. The summed E-state index contributed by atoms with van der Waals surface area (Å²) >= 11 is 6.45. The van der Waals surface area contributed by atoms with E-state index in [1.54, 1.807) is 0 Å². The number of nitrogens with one attached hydrogen (secondary N) is 1. The number of hydrogen-bond acceptors (Lipinski definition) is 2. The van der Waals surface area contributed by atoms with Crippen LogP contribution in [-0.2, 0) is 6.54 Å². The van der Waals surface area contributed by atoms with Gasteiger partial charge in [0.05, 0.1) is 22.4 Å². The lowest BCUT2D eigenvalue weighted by Gasteiger charge is -2.09. The van der Waals surface area contributed by atoms with Crippen molar-refractivity contribution in [1.29, 1.82) is 0 Å². The van der Waals surface area contributed by atoms with Crippen LogP contribution in [0, 0.1) is 0 Å². The van der Waals surface area contributed by atoms with Gasteiger partial charge in [-0.05, 0) is 36.7 Å². The van der Waals surface area contributed by atoms with Gasteiger partial charge in [0.25, 0.3) is 0 Å². The largest absolute Gasteiger partial charge is 0.313 e. The van der Waals surface area contributed by atoms with Crippen molar-refractivity contribution < 1.29 is 0 Å². The highest BCUT2D eigenvalue weighted by Crippen LogP contribution is 2.25. The molecule has 2 aromatic carbocycles. The van der Waals surface area contributed by atoms with Gasteiger partial charge in [-0.1, -0.05) is 42.8 Å². The maximum absolute atomic E-state index is 6.45. The third kappa shape index (κ3) is 2.94. The Hall–Kier alpha value is -1.84. The molecule has 0 radical (unpaired) electrons. The van der Waals surface area contributed by atoms with Gasteiger partial charge in [-0.25, -0.2) is 4.68 Å². The normalized spacial score (nSPS) is 11.1. The molecule has 3 aromatic rings. The second-order valence-electron chi connectivity index (χ2n) is 5.08. The Morgan fingerprint density at radius 3 is 2.86 bits per heavy atom. The average Bonchev–Trinajstić information content (AvgIpc) is 2.92. The Kier molecular flexibility index (Phi) is 4.23. The molecule has 1 N–H and O–H groups in total. The van der Waals surface area contributed by atoms with Crippen LogP contribution < -0.4 is 5.32 Å².